The van der Waals surface area contributed by atoms with Gasteiger partial charge in [0.2, 0.25) is 5.88 Å². The highest BCUT2D eigenvalue weighted by atomic mass is 32.2. The topological polar surface area (TPSA) is 86.0 Å². The van der Waals surface area contributed by atoms with Crippen LogP contribution in [0.4, 0.5) is 0 Å². The van der Waals surface area contributed by atoms with E-state index in [1.165, 1.54) is 11.8 Å². The number of hydrogen-bond acceptors (Lipinski definition) is 7. The van der Waals surface area contributed by atoms with Crippen LogP contribution in [0.2, 0.25) is 0 Å². The summed E-state index contributed by atoms with van der Waals surface area (Å²) in [6.45, 7) is 2.67. The van der Waals surface area contributed by atoms with E-state index in [9.17, 15) is 5.11 Å². The number of aliphatic hydroxyl groups is 1. The molecule has 8 heteroatoms. The first-order valence-corrected chi connectivity index (χ1v) is 6.68. The van der Waals surface area contributed by atoms with Crippen LogP contribution in [0.1, 0.15) is 19.2 Å². The number of hydrogen-bond donors (Lipinski definition) is 1. The van der Waals surface area contributed by atoms with E-state index in [1.807, 2.05) is 4.57 Å². The van der Waals surface area contributed by atoms with Crippen LogP contribution in [0.5, 0.6) is 5.88 Å². The minimum Gasteiger partial charge on any atom is -0.481 e. The van der Waals surface area contributed by atoms with Crippen molar-refractivity contribution in [1.29, 1.82) is 0 Å². The summed E-state index contributed by atoms with van der Waals surface area (Å²) in [6.07, 6.45) is 2.55. The van der Waals surface area contributed by atoms with Gasteiger partial charge in [0.25, 0.3) is 0 Å². The number of nitrogens with zero attached hydrogens (tertiary/aromatic N) is 5. The maximum atomic E-state index is 9.22. The van der Waals surface area contributed by atoms with E-state index in [0.29, 0.717) is 22.0 Å². The molecule has 0 aliphatic carbocycles. The molecule has 0 aliphatic rings. The SMILES string of the molecule is CCCn1c(CO)nnc1Sc1nccc(OC)n1. The van der Waals surface area contributed by atoms with Gasteiger partial charge in [-0.3, -0.25) is 0 Å². The summed E-state index contributed by atoms with van der Waals surface area (Å²) in [5.74, 6) is 1.05. The van der Waals surface area contributed by atoms with Gasteiger partial charge in [-0.2, -0.15) is 4.98 Å². The van der Waals surface area contributed by atoms with Gasteiger partial charge < -0.3 is 14.4 Å². The summed E-state index contributed by atoms with van der Waals surface area (Å²) < 4.78 is 6.92. The van der Waals surface area contributed by atoms with Crippen molar-refractivity contribution in [3.63, 3.8) is 0 Å². The van der Waals surface area contributed by atoms with Gasteiger partial charge in [-0.25, -0.2) is 4.98 Å². The van der Waals surface area contributed by atoms with Crippen molar-refractivity contribution in [2.75, 3.05) is 7.11 Å². The molecule has 0 atom stereocenters. The van der Waals surface area contributed by atoms with Crippen LogP contribution in [0, 0.1) is 0 Å². The number of aromatic nitrogens is 5. The van der Waals surface area contributed by atoms with E-state index in [4.69, 9.17) is 4.74 Å². The molecular weight excluding hydrogens is 266 g/mol. The van der Waals surface area contributed by atoms with Crippen LogP contribution in [-0.4, -0.2) is 36.9 Å². The summed E-state index contributed by atoms with van der Waals surface area (Å²) in [7, 11) is 1.56. The zero-order valence-electron chi connectivity index (χ0n) is 10.8. The van der Waals surface area contributed by atoms with Crippen molar-refractivity contribution in [1.82, 2.24) is 24.7 Å². The standard InChI is InChI=1S/C11H15N5O2S/c1-3-6-16-8(7-17)14-15-11(16)19-10-12-5-4-9(13-10)18-2/h4-5,17H,3,6-7H2,1-2H3. The number of methoxy groups -OCH3 is 1. The van der Waals surface area contributed by atoms with Crippen LogP contribution >= 0.6 is 11.8 Å². The van der Waals surface area contributed by atoms with E-state index in [1.54, 1.807) is 19.4 Å². The van der Waals surface area contributed by atoms with Gasteiger partial charge in [0.05, 0.1) is 7.11 Å². The van der Waals surface area contributed by atoms with Crippen molar-refractivity contribution >= 4 is 11.8 Å². The summed E-state index contributed by atoms with van der Waals surface area (Å²) >= 11 is 1.30. The fraction of sp³-hybridized carbons (Fsp3) is 0.455. The van der Waals surface area contributed by atoms with Crippen molar-refractivity contribution in [3.8, 4) is 5.88 Å². The molecule has 1 N–H and O–H groups in total. The minimum atomic E-state index is -0.132. The highest BCUT2D eigenvalue weighted by Crippen LogP contribution is 2.24. The predicted molar refractivity (Wildman–Crippen MR) is 68.9 cm³/mol. The lowest BCUT2D eigenvalue weighted by Crippen LogP contribution is -2.05. The first-order chi connectivity index (χ1) is 9.28. The van der Waals surface area contributed by atoms with E-state index in [0.717, 1.165) is 13.0 Å². The summed E-state index contributed by atoms with van der Waals surface area (Å²) in [5.41, 5.74) is 0. The molecule has 0 aliphatic heterocycles. The Morgan fingerprint density at radius 1 is 1.42 bits per heavy atom. The molecule has 2 heterocycles. The Kier molecular flexibility index (Phi) is 4.69. The fourth-order valence-corrected chi connectivity index (χ4v) is 2.33. The van der Waals surface area contributed by atoms with Crippen molar-refractivity contribution in [2.24, 2.45) is 0 Å². The third-order valence-corrected chi connectivity index (χ3v) is 3.25. The van der Waals surface area contributed by atoms with E-state index >= 15 is 0 Å². The highest BCUT2D eigenvalue weighted by Gasteiger charge is 2.13. The molecule has 2 aromatic heterocycles. The monoisotopic (exact) mass is 281 g/mol. The molecule has 0 aromatic carbocycles. The molecule has 2 rings (SSSR count). The average molecular weight is 281 g/mol. The van der Waals surface area contributed by atoms with Crippen LogP contribution in [-0.2, 0) is 13.2 Å². The van der Waals surface area contributed by atoms with Crippen molar-refractivity contribution < 1.29 is 9.84 Å². The third-order valence-electron chi connectivity index (χ3n) is 2.38. The normalized spacial score (nSPS) is 10.7. The third kappa shape index (κ3) is 3.21. The zero-order chi connectivity index (χ0) is 13.7. The second-order valence-electron chi connectivity index (χ2n) is 3.69. The van der Waals surface area contributed by atoms with Gasteiger partial charge in [0.1, 0.15) is 6.61 Å². The van der Waals surface area contributed by atoms with Gasteiger partial charge in [-0.15, -0.1) is 10.2 Å². The van der Waals surface area contributed by atoms with Gasteiger partial charge in [-0.1, -0.05) is 6.92 Å². The first-order valence-electron chi connectivity index (χ1n) is 5.86. The number of ether oxygens (including phenoxy) is 1. The maximum Gasteiger partial charge on any atom is 0.217 e. The quantitative estimate of drug-likeness (QED) is 0.794. The Morgan fingerprint density at radius 3 is 2.95 bits per heavy atom. The molecule has 0 bridgehead atoms. The van der Waals surface area contributed by atoms with Crippen LogP contribution < -0.4 is 4.74 Å². The molecule has 0 unspecified atom stereocenters. The Labute approximate surface area is 115 Å². The number of aliphatic hydroxyl groups excluding tert-OH is 1. The van der Waals surface area contributed by atoms with Gasteiger partial charge in [-0.05, 0) is 18.2 Å². The molecule has 0 radical (unpaired) electrons. The largest absolute Gasteiger partial charge is 0.481 e. The Bertz CT molecular complexity index is 546. The molecule has 0 amide bonds. The predicted octanol–water partition coefficient (Wildman–Crippen LogP) is 1.13. The Balaban J connectivity index is 2.24. The Hall–Kier alpha value is -1.67. The molecule has 0 fully saturated rings. The second-order valence-corrected chi connectivity index (χ2v) is 4.63. The molecule has 7 nitrogen and oxygen atoms in total. The van der Waals surface area contributed by atoms with Crippen molar-refractivity contribution in [3.05, 3.63) is 18.1 Å². The molecule has 0 saturated carbocycles. The molecule has 0 saturated heterocycles. The lowest BCUT2D eigenvalue weighted by atomic mass is 10.4. The minimum absolute atomic E-state index is 0.132. The molecular formula is C11H15N5O2S. The summed E-state index contributed by atoms with van der Waals surface area (Å²) in [6, 6.07) is 1.68. The average Bonchev–Trinajstić information content (AvgIpc) is 2.82. The second kappa shape index (κ2) is 6.48. The zero-order valence-corrected chi connectivity index (χ0v) is 11.6. The molecule has 0 spiro atoms. The molecule has 19 heavy (non-hydrogen) atoms. The van der Waals surface area contributed by atoms with Crippen LogP contribution in [0.25, 0.3) is 0 Å². The van der Waals surface area contributed by atoms with Crippen molar-refractivity contribution in [2.45, 2.75) is 36.8 Å². The molecule has 2 aromatic rings. The Morgan fingerprint density at radius 2 is 2.26 bits per heavy atom. The van der Waals surface area contributed by atoms with Gasteiger partial charge in [0, 0.05) is 18.8 Å². The maximum absolute atomic E-state index is 9.22. The van der Waals surface area contributed by atoms with E-state index < -0.39 is 0 Å². The van der Waals surface area contributed by atoms with Crippen LogP contribution in [0.3, 0.4) is 0 Å². The lowest BCUT2D eigenvalue weighted by Gasteiger charge is -2.06. The van der Waals surface area contributed by atoms with Crippen LogP contribution in [0.15, 0.2) is 22.6 Å². The van der Waals surface area contributed by atoms with Gasteiger partial charge >= 0.3 is 0 Å². The van der Waals surface area contributed by atoms with E-state index in [-0.39, 0.29) is 6.61 Å². The first kappa shape index (κ1) is 13.8. The lowest BCUT2D eigenvalue weighted by molar-refractivity contribution is 0.263. The van der Waals surface area contributed by atoms with E-state index in [2.05, 4.69) is 27.1 Å². The smallest absolute Gasteiger partial charge is 0.217 e. The number of rotatable bonds is 6. The molecule has 102 valence electrons. The highest BCUT2D eigenvalue weighted by molar-refractivity contribution is 7.99. The fourth-order valence-electron chi connectivity index (χ4n) is 1.53. The summed E-state index contributed by atoms with van der Waals surface area (Å²) in [5, 5.41) is 18.4. The summed E-state index contributed by atoms with van der Waals surface area (Å²) in [4.78, 5) is 8.36. The van der Waals surface area contributed by atoms with Gasteiger partial charge in [0.15, 0.2) is 16.1 Å².